The molecule has 0 radical (unpaired) electrons. The van der Waals surface area contributed by atoms with Gasteiger partial charge in [-0.2, -0.15) is 0 Å². The Kier molecular flexibility index (Phi) is 3.34. The van der Waals surface area contributed by atoms with Crippen LogP contribution in [0.1, 0.15) is 23.0 Å². The zero-order chi connectivity index (χ0) is 13.3. The standard InChI is InChI=1S/C13H14FNO3/c1-7(6-16)15-13(17)12-8(2)10-5-9(14)3-4-11(10)18-12/h3-5,7,16H,6H2,1-2H3,(H,15,17)/t7-/m0/s1. The Morgan fingerprint density at radius 3 is 2.94 bits per heavy atom. The smallest absolute Gasteiger partial charge is 0.287 e. The minimum atomic E-state index is -0.411. The SMILES string of the molecule is Cc1c(C(=O)N[C@@H](C)CO)oc2ccc(F)cc12. The first-order valence-electron chi connectivity index (χ1n) is 5.63. The van der Waals surface area contributed by atoms with Gasteiger partial charge >= 0.3 is 0 Å². The number of aliphatic hydroxyl groups is 1. The molecule has 0 saturated heterocycles. The van der Waals surface area contributed by atoms with Gasteiger partial charge in [0.05, 0.1) is 6.61 Å². The molecule has 0 aliphatic heterocycles. The molecule has 4 nitrogen and oxygen atoms in total. The Balaban J connectivity index is 2.40. The molecule has 2 aromatic rings. The highest BCUT2D eigenvalue weighted by atomic mass is 19.1. The van der Waals surface area contributed by atoms with Crippen molar-refractivity contribution in [1.82, 2.24) is 5.32 Å². The number of carbonyl (C=O) groups is 1. The normalized spacial score (nSPS) is 12.7. The molecule has 0 saturated carbocycles. The second-order valence-electron chi connectivity index (χ2n) is 4.25. The van der Waals surface area contributed by atoms with Crippen molar-refractivity contribution in [2.24, 2.45) is 0 Å². The van der Waals surface area contributed by atoms with Crippen molar-refractivity contribution in [2.45, 2.75) is 19.9 Å². The molecule has 5 heteroatoms. The van der Waals surface area contributed by atoms with E-state index in [-0.39, 0.29) is 24.2 Å². The molecule has 1 amide bonds. The summed E-state index contributed by atoms with van der Waals surface area (Å²) in [6.07, 6.45) is 0. The van der Waals surface area contributed by atoms with Crippen LogP contribution in [-0.2, 0) is 0 Å². The van der Waals surface area contributed by atoms with Crippen LogP contribution in [0.2, 0.25) is 0 Å². The second kappa shape index (κ2) is 4.78. The summed E-state index contributed by atoms with van der Waals surface area (Å²) in [6, 6.07) is 3.75. The van der Waals surface area contributed by atoms with Crippen LogP contribution in [-0.4, -0.2) is 23.7 Å². The van der Waals surface area contributed by atoms with E-state index in [1.807, 2.05) is 0 Å². The number of nitrogens with one attached hydrogen (secondary N) is 1. The van der Waals surface area contributed by atoms with Gasteiger partial charge in [-0.1, -0.05) is 0 Å². The number of furan rings is 1. The maximum Gasteiger partial charge on any atom is 0.287 e. The molecule has 0 bridgehead atoms. The summed E-state index contributed by atoms with van der Waals surface area (Å²) >= 11 is 0. The molecule has 96 valence electrons. The molecule has 2 rings (SSSR count). The Bertz CT molecular complexity index is 591. The molecule has 0 aliphatic carbocycles. The fourth-order valence-corrected chi connectivity index (χ4v) is 1.74. The van der Waals surface area contributed by atoms with Gasteiger partial charge < -0.3 is 14.8 Å². The van der Waals surface area contributed by atoms with Crippen molar-refractivity contribution in [2.75, 3.05) is 6.61 Å². The third-order valence-corrected chi connectivity index (χ3v) is 2.76. The van der Waals surface area contributed by atoms with E-state index < -0.39 is 5.91 Å². The lowest BCUT2D eigenvalue weighted by molar-refractivity contribution is 0.0895. The van der Waals surface area contributed by atoms with Crippen LogP contribution in [0.15, 0.2) is 22.6 Å². The first kappa shape index (κ1) is 12.6. The maximum atomic E-state index is 13.1. The van der Waals surface area contributed by atoms with E-state index in [1.54, 1.807) is 13.8 Å². The van der Waals surface area contributed by atoms with Crippen molar-refractivity contribution < 1.29 is 18.7 Å². The van der Waals surface area contributed by atoms with Crippen LogP contribution in [0.3, 0.4) is 0 Å². The van der Waals surface area contributed by atoms with Gasteiger partial charge in [-0.15, -0.1) is 0 Å². The fourth-order valence-electron chi connectivity index (χ4n) is 1.74. The second-order valence-corrected chi connectivity index (χ2v) is 4.25. The lowest BCUT2D eigenvalue weighted by atomic mass is 10.1. The summed E-state index contributed by atoms with van der Waals surface area (Å²) in [7, 11) is 0. The zero-order valence-corrected chi connectivity index (χ0v) is 10.2. The monoisotopic (exact) mass is 251 g/mol. The number of aliphatic hydroxyl groups excluding tert-OH is 1. The summed E-state index contributed by atoms with van der Waals surface area (Å²) in [4.78, 5) is 11.9. The van der Waals surface area contributed by atoms with E-state index in [9.17, 15) is 9.18 Å². The summed E-state index contributed by atoms with van der Waals surface area (Å²) in [5, 5.41) is 12.0. The highest BCUT2D eigenvalue weighted by Gasteiger charge is 2.19. The van der Waals surface area contributed by atoms with Crippen molar-refractivity contribution >= 4 is 16.9 Å². The number of hydrogen-bond donors (Lipinski definition) is 2. The predicted molar refractivity (Wildman–Crippen MR) is 64.9 cm³/mol. The third-order valence-electron chi connectivity index (χ3n) is 2.76. The van der Waals surface area contributed by atoms with Gasteiger partial charge in [0.2, 0.25) is 0 Å². The molecule has 1 atom stereocenters. The van der Waals surface area contributed by atoms with Gasteiger partial charge in [-0.25, -0.2) is 4.39 Å². The molecule has 0 spiro atoms. The number of fused-ring (bicyclic) bond motifs is 1. The Morgan fingerprint density at radius 1 is 1.56 bits per heavy atom. The topological polar surface area (TPSA) is 62.5 Å². The van der Waals surface area contributed by atoms with Crippen LogP contribution in [0.5, 0.6) is 0 Å². The Hall–Kier alpha value is -1.88. The van der Waals surface area contributed by atoms with Gasteiger partial charge in [0.1, 0.15) is 11.4 Å². The first-order valence-corrected chi connectivity index (χ1v) is 5.63. The quantitative estimate of drug-likeness (QED) is 0.876. The van der Waals surface area contributed by atoms with Gasteiger partial charge in [-0.3, -0.25) is 4.79 Å². The van der Waals surface area contributed by atoms with Crippen LogP contribution < -0.4 is 5.32 Å². The van der Waals surface area contributed by atoms with E-state index in [4.69, 9.17) is 9.52 Å². The number of hydrogen-bond acceptors (Lipinski definition) is 3. The summed E-state index contributed by atoms with van der Waals surface area (Å²) < 4.78 is 18.5. The van der Waals surface area contributed by atoms with Gasteiger partial charge in [0.25, 0.3) is 5.91 Å². The molecular weight excluding hydrogens is 237 g/mol. The van der Waals surface area contributed by atoms with Gasteiger partial charge in [0.15, 0.2) is 5.76 Å². The average molecular weight is 251 g/mol. The Morgan fingerprint density at radius 2 is 2.28 bits per heavy atom. The number of benzene rings is 1. The van der Waals surface area contributed by atoms with Crippen molar-refractivity contribution in [3.05, 3.63) is 35.3 Å². The van der Waals surface area contributed by atoms with Crippen molar-refractivity contribution in [1.29, 1.82) is 0 Å². The number of aryl methyl sites for hydroxylation is 1. The average Bonchev–Trinajstić information content (AvgIpc) is 2.66. The van der Waals surface area contributed by atoms with Gasteiger partial charge in [0, 0.05) is 17.0 Å². The predicted octanol–water partition coefficient (Wildman–Crippen LogP) is 1.99. The molecule has 2 N–H and O–H groups in total. The minimum absolute atomic E-state index is 0.149. The first-order chi connectivity index (χ1) is 8.52. The van der Waals surface area contributed by atoms with E-state index in [1.165, 1.54) is 18.2 Å². The summed E-state index contributed by atoms with van der Waals surface area (Å²) in [5.74, 6) is -0.636. The van der Waals surface area contributed by atoms with E-state index in [0.717, 1.165) is 0 Å². The third kappa shape index (κ3) is 2.22. The lowest BCUT2D eigenvalue weighted by Crippen LogP contribution is -2.35. The number of amides is 1. The molecule has 0 unspecified atom stereocenters. The molecule has 1 aromatic carbocycles. The largest absolute Gasteiger partial charge is 0.451 e. The molecule has 0 fully saturated rings. The zero-order valence-electron chi connectivity index (χ0n) is 10.2. The molecule has 1 aromatic heterocycles. The maximum absolute atomic E-state index is 13.1. The molecule has 1 heterocycles. The van der Waals surface area contributed by atoms with Crippen LogP contribution in [0, 0.1) is 12.7 Å². The van der Waals surface area contributed by atoms with Crippen molar-refractivity contribution in [3.63, 3.8) is 0 Å². The molecular formula is C13H14FNO3. The molecule has 18 heavy (non-hydrogen) atoms. The highest BCUT2D eigenvalue weighted by Crippen LogP contribution is 2.25. The number of halogens is 1. The van der Waals surface area contributed by atoms with Crippen LogP contribution >= 0.6 is 0 Å². The number of carbonyl (C=O) groups excluding carboxylic acids is 1. The van der Waals surface area contributed by atoms with Crippen LogP contribution in [0.25, 0.3) is 11.0 Å². The lowest BCUT2D eigenvalue weighted by Gasteiger charge is -2.09. The fraction of sp³-hybridized carbons (Fsp3) is 0.308. The van der Waals surface area contributed by atoms with E-state index in [2.05, 4.69) is 5.32 Å². The summed E-state index contributed by atoms with van der Waals surface area (Å²) in [5.41, 5.74) is 1.06. The minimum Gasteiger partial charge on any atom is -0.451 e. The summed E-state index contributed by atoms with van der Waals surface area (Å²) in [6.45, 7) is 3.22. The highest BCUT2D eigenvalue weighted by molar-refractivity contribution is 5.99. The number of rotatable bonds is 3. The molecule has 0 aliphatic rings. The van der Waals surface area contributed by atoms with E-state index in [0.29, 0.717) is 16.5 Å². The van der Waals surface area contributed by atoms with Crippen LogP contribution in [0.4, 0.5) is 4.39 Å². The van der Waals surface area contributed by atoms with E-state index >= 15 is 0 Å². The van der Waals surface area contributed by atoms with Gasteiger partial charge in [-0.05, 0) is 32.0 Å². The van der Waals surface area contributed by atoms with Crippen molar-refractivity contribution in [3.8, 4) is 0 Å². The Labute approximate surface area is 103 Å².